The average molecular weight is 306 g/mol. The first-order valence-electron chi connectivity index (χ1n) is 5.82. The van der Waals surface area contributed by atoms with E-state index in [0.29, 0.717) is 17.1 Å². The van der Waals surface area contributed by atoms with Gasteiger partial charge in [-0.15, -0.1) is 0 Å². The lowest BCUT2D eigenvalue weighted by Crippen LogP contribution is -1.96. The van der Waals surface area contributed by atoms with E-state index in [4.69, 9.17) is 23.2 Å². The second-order valence-electron chi connectivity index (χ2n) is 4.17. The zero-order valence-corrected chi connectivity index (χ0v) is 11.9. The van der Waals surface area contributed by atoms with Crippen molar-refractivity contribution in [1.29, 1.82) is 0 Å². The van der Waals surface area contributed by atoms with Crippen molar-refractivity contribution in [1.82, 2.24) is 25.4 Å². The van der Waals surface area contributed by atoms with Crippen molar-refractivity contribution >= 4 is 23.2 Å². The molecule has 2 heterocycles. The fourth-order valence-electron chi connectivity index (χ4n) is 1.91. The number of benzene rings is 1. The summed E-state index contributed by atoms with van der Waals surface area (Å²) in [5, 5.41) is 10.7. The van der Waals surface area contributed by atoms with Gasteiger partial charge in [0.05, 0.1) is 11.8 Å². The molecule has 0 spiro atoms. The van der Waals surface area contributed by atoms with Crippen LogP contribution in [0.15, 0.2) is 30.5 Å². The number of H-pyrrole nitrogens is 1. The van der Waals surface area contributed by atoms with Crippen molar-refractivity contribution in [3.05, 3.63) is 46.3 Å². The Balaban J connectivity index is 2.17. The zero-order valence-electron chi connectivity index (χ0n) is 10.4. The van der Waals surface area contributed by atoms with Crippen LogP contribution >= 0.6 is 23.2 Å². The summed E-state index contributed by atoms with van der Waals surface area (Å²) in [5.74, 6) is 0.339. The van der Waals surface area contributed by atoms with Crippen LogP contribution in [0.3, 0.4) is 0 Å². The van der Waals surface area contributed by atoms with Gasteiger partial charge in [-0.1, -0.05) is 47.5 Å². The van der Waals surface area contributed by atoms with Crippen molar-refractivity contribution in [2.75, 3.05) is 0 Å². The second kappa shape index (κ2) is 5.19. The molecule has 0 radical (unpaired) electrons. The standard InChI is InChI=1S/C13H9Cl2N5/c1-7-4-2-3-5-8(7)10-11(14)17-13(18-12(10)15)9-6-16-20-19-9/h2-6H,1H3,(H,16,19,20). The second-order valence-corrected chi connectivity index (χ2v) is 4.89. The number of aromatic amines is 1. The molecule has 0 unspecified atom stereocenters. The Hall–Kier alpha value is -1.98. The van der Waals surface area contributed by atoms with Crippen LogP contribution < -0.4 is 0 Å². The monoisotopic (exact) mass is 305 g/mol. The van der Waals surface area contributed by atoms with Crippen LogP contribution in [0.2, 0.25) is 10.3 Å². The molecule has 0 bridgehead atoms. The Morgan fingerprint density at radius 3 is 2.35 bits per heavy atom. The highest BCUT2D eigenvalue weighted by Gasteiger charge is 2.16. The summed E-state index contributed by atoms with van der Waals surface area (Å²) in [7, 11) is 0. The van der Waals surface area contributed by atoms with Crippen molar-refractivity contribution in [2.45, 2.75) is 6.92 Å². The SMILES string of the molecule is Cc1ccccc1-c1c(Cl)nc(-c2cn[nH]n2)nc1Cl. The molecule has 3 rings (SSSR count). The Morgan fingerprint density at radius 1 is 1.05 bits per heavy atom. The minimum atomic E-state index is 0.289. The van der Waals surface area contributed by atoms with E-state index in [0.717, 1.165) is 11.1 Å². The van der Waals surface area contributed by atoms with E-state index in [1.807, 2.05) is 31.2 Å². The quantitative estimate of drug-likeness (QED) is 0.735. The molecule has 0 amide bonds. The Labute approximate surface area is 125 Å². The van der Waals surface area contributed by atoms with Gasteiger partial charge in [-0.2, -0.15) is 15.4 Å². The van der Waals surface area contributed by atoms with Gasteiger partial charge in [0, 0.05) is 0 Å². The third-order valence-corrected chi connectivity index (χ3v) is 3.43. The smallest absolute Gasteiger partial charge is 0.184 e. The molecular formula is C13H9Cl2N5. The highest BCUT2D eigenvalue weighted by Crippen LogP contribution is 2.35. The maximum absolute atomic E-state index is 6.26. The van der Waals surface area contributed by atoms with Crippen LogP contribution in [0.5, 0.6) is 0 Å². The summed E-state index contributed by atoms with van der Waals surface area (Å²) < 4.78 is 0. The lowest BCUT2D eigenvalue weighted by Gasteiger charge is -2.09. The van der Waals surface area contributed by atoms with Gasteiger partial charge >= 0.3 is 0 Å². The van der Waals surface area contributed by atoms with Gasteiger partial charge in [-0.05, 0) is 18.1 Å². The van der Waals surface area contributed by atoms with Crippen molar-refractivity contribution < 1.29 is 0 Å². The van der Waals surface area contributed by atoms with Gasteiger partial charge in [-0.25, -0.2) is 9.97 Å². The third kappa shape index (κ3) is 2.26. The molecular weight excluding hydrogens is 297 g/mol. The van der Waals surface area contributed by atoms with E-state index in [-0.39, 0.29) is 10.3 Å². The summed E-state index contributed by atoms with van der Waals surface area (Å²) in [5.41, 5.74) is 3.08. The van der Waals surface area contributed by atoms with Gasteiger partial charge in [-0.3, -0.25) is 0 Å². The van der Waals surface area contributed by atoms with Crippen molar-refractivity contribution in [2.24, 2.45) is 0 Å². The van der Waals surface area contributed by atoms with Crippen LogP contribution in [0.4, 0.5) is 0 Å². The lowest BCUT2D eigenvalue weighted by molar-refractivity contribution is 0.938. The Morgan fingerprint density at radius 2 is 1.75 bits per heavy atom. The first kappa shape index (κ1) is 13.0. The summed E-state index contributed by atoms with van der Waals surface area (Å²) in [6.07, 6.45) is 1.51. The van der Waals surface area contributed by atoms with Crippen LogP contribution in [-0.2, 0) is 0 Å². The summed E-state index contributed by atoms with van der Waals surface area (Å²) >= 11 is 12.5. The predicted octanol–water partition coefficient (Wildman–Crippen LogP) is 3.54. The Kier molecular flexibility index (Phi) is 3.38. The predicted molar refractivity (Wildman–Crippen MR) is 77.6 cm³/mol. The number of aryl methyl sites for hydroxylation is 1. The maximum Gasteiger partial charge on any atom is 0.184 e. The number of hydrogen-bond donors (Lipinski definition) is 1. The van der Waals surface area contributed by atoms with E-state index in [9.17, 15) is 0 Å². The van der Waals surface area contributed by atoms with Crippen molar-refractivity contribution in [3.8, 4) is 22.6 Å². The molecule has 20 heavy (non-hydrogen) atoms. The van der Waals surface area contributed by atoms with Crippen LogP contribution in [0.25, 0.3) is 22.6 Å². The molecule has 0 fully saturated rings. The first-order valence-corrected chi connectivity index (χ1v) is 6.57. The maximum atomic E-state index is 6.26. The van der Waals surface area contributed by atoms with Crippen LogP contribution in [-0.4, -0.2) is 25.4 Å². The molecule has 0 saturated carbocycles. The zero-order chi connectivity index (χ0) is 14.1. The van der Waals surface area contributed by atoms with Gasteiger partial charge in [0.15, 0.2) is 5.82 Å². The number of hydrogen-bond acceptors (Lipinski definition) is 4. The Bertz CT molecular complexity index is 732. The number of aromatic nitrogens is 5. The van der Waals surface area contributed by atoms with E-state index >= 15 is 0 Å². The molecule has 100 valence electrons. The van der Waals surface area contributed by atoms with Crippen LogP contribution in [0.1, 0.15) is 5.56 Å². The molecule has 1 N–H and O–H groups in total. The number of halogens is 2. The van der Waals surface area contributed by atoms with E-state index in [2.05, 4.69) is 25.4 Å². The van der Waals surface area contributed by atoms with Crippen LogP contribution in [0, 0.1) is 6.92 Å². The highest BCUT2D eigenvalue weighted by atomic mass is 35.5. The average Bonchev–Trinajstić information content (AvgIpc) is 2.94. The molecule has 1 aromatic carbocycles. The number of nitrogens with zero attached hydrogens (tertiary/aromatic N) is 4. The number of nitrogens with one attached hydrogen (secondary N) is 1. The van der Waals surface area contributed by atoms with E-state index in [1.165, 1.54) is 6.20 Å². The van der Waals surface area contributed by atoms with Gasteiger partial charge in [0.2, 0.25) is 0 Å². The molecule has 0 aliphatic heterocycles. The fourth-order valence-corrected chi connectivity index (χ4v) is 2.50. The fraction of sp³-hybridized carbons (Fsp3) is 0.0769. The highest BCUT2D eigenvalue weighted by molar-refractivity contribution is 6.37. The molecule has 3 aromatic rings. The van der Waals surface area contributed by atoms with E-state index < -0.39 is 0 Å². The number of rotatable bonds is 2. The molecule has 7 heteroatoms. The van der Waals surface area contributed by atoms with Gasteiger partial charge in [0.25, 0.3) is 0 Å². The molecule has 0 aliphatic carbocycles. The largest absolute Gasteiger partial charge is 0.214 e. The van der Waals surface area contributed by atoms with E-state index in [1.54, 1.807) is 0 Å². The molecule has 0 saturated heterocycles. The topological polar surface area (TPSA) is 67.3 Å². The summed E-state index contributed by atoms with van der Waals surface area (Å²) in [6.45, 7) is 1.98. The lowest BCUT2D eigenvalue weighted by atomic mass is 10.0. The summed E-state index contributed by atoms with van der Waals surface area (Å²) in [4.78, 5) is 8.48. The van der Waals surface area contributed by atoms with Crippen molar-refractivity contribution in [3.63, 3.8) is 0 Å². The first-order chi connectivity index (χ1) is 9.66. The normalized spacial score (nSPS) is 10.8. The minimum Gasteiger partial charge on any atom is -0.214 e. The molecule has 5 nitrogen and oxygen atoms in total. The third-order valence-electron chi connectivity index (χ3n) is 2.88. The summed E-state index contributed by atoms with van der Waals surface area (Å²) in [6, 6.07) is 7.78. The molecule has 2 aromatic heterocycles. The molecule has 0 atom stereocenters. The molecule has 0 aliphatic rings. The van der Waals surface area contributed by atoms with Gasteiger partial charge in [0.1, 0.15) is 16.0 Å². The van der Waals surface area contributed by atoms with Gasteiger partial charge < -0.3 is 0 Å². The minimum absolute atomic E-state index is 0.289.